The number of esters is 1. The maximum atomic E-state index is 12.2. The summed E-state index contributed by atoms with van der Waals surface area (Å²) in [4.78, 5) is 15.5. The van der Waals surface area contributed by atoms with Crippen molar-refractivity contribution in [2.24, 2.45) is 5.92 Å². The minimum atomic E-state index is -0.250. The third-order valence-corrected chi connectivity index (χ3v) is 4.91. The number of aryl methyl sites for hydroxylation is 1. The van der Waals surface area contributed by atoms with Crippen molar-refractivity contribution in [1.29, 1.82) is 0 Å². The molecule has 3 rings (SSSR count). The van der Waals surface area contributed by atoms with Crippen LogP contribution in [0.2, 0.25) is 0 Å². The Labute approximate surface area is 144 Å². The Morgan fingerprint density at radius 3 is 2.83 bits per heavy atom. The summed E-state index contributed by atoms with van der Waals surface area (Å²) < 4.78 is 5.21. The molecule has 1 fully saturated rings. The van der Waals surface area contributed by atoms with Crippen LogP contribution >= 0.6 is 0 Å². The summed E-state index contributed by atoms with van der Waals surface area (Å²) >= 11 is 0. The summed E-state index contributed by atoms with van der Waals surface area (Å²) in [7, 11) is 0. The van der Waals surface area contributed by atoms with Crippen LogP contribution in [0.1, 0.15) is 61.5 Å². The molecular formula is C21H27NO2. The quantitative estimate of drug-likeness (QED) is 0.569. The molecule has 0 bridgehead atoms. The molecular weight excluding hydrogens is 298 g/mol. The summed E-state index contributed by atoms with van der Waals surface area (Å²) in [6.45, 7) is 2.24. The van der Waals surface area contributed by atoms with Crippen LogP contribution in [0.5, 0.6) is 0 Å². The van der Waals surface area contributed by atoms with Crippen molar-refractivity contribution in [3.05, 3.63) is 47.7 Å². The lowest BCUT2D eigenvalue weighted by Crippen LogP contribution is -2.08. The van der Waals surface area contributed by atoms with Crippen molar-refractivity contribution in [2.75, 3.05) is 6.61 Å². The van der Waals surface area contributed by atoms with Gasteiger partial charge in [0.05, 0.1) is 6.61 Å². The lowest BCUT2D eigenvalue weighted by molar-refractivity contribution is 0.0519. The molecule has 2 aromatic rings. The van der Waals surface area contributed by atoms with E-state index in [1.807, 2.05) is 25.1 Å². The van der Waals surface area contributed by atoms with E-state index in [-0.39, 0.29) is 5.97 Å². The van der Waals surface area contributed by atoms with Crippen molar-refractivity contribution in [3.63, 3.8) is 0 Å². The van der Waals surface area contributed by atoms with Gasteiger partial charge in [0, 0.05) is 10.9 Å². The number of fused-ring (bicyclic) bond motifs is 1. The van der Waals surface area contributed by atoms with Crippen molar-refractivity contribution in [2.45, 2.75) is 51.9 Å². The summed E-state index contributed by atoms with van der Waals surface area (Å²) in [6, 6.07) is 8.10. The van der Waals surface area contributed by atoms with Crippen LogP contribution in [-0.4, -0.2) is 17.6 Å². The molecule has 3 nitrogen and oxygen atoms in total. The van der Waals surface area contributed by atoms with Gasteiger partial charge in [0.15, 0.2) is 0 Å². The Hall–Kier alpha value is -2.03. The highest BCUT2D eigenvalue weighted by Crippen LogP contribution is 2.26. The third kappa shape index (κ3) is 3.89. The number of ether oxygens (including phenoxy) is 1. The minimum absolute atomic E-state index is 0.250. The van der Waals surface area contributed by atoms with Crippen molar-refractivity contribution in [1.82, 2.24) is 4.98 Å². The highest BCUT2D eigenvalue weighted by Gasteiger charge is 2.18. The average Bonchev–Trinajstić information content (AvgIpc) is 2.99. The van der Waals surface area contributed by atoms with E-state index in [1.165, 1.54) is 32.1 Å². The molecule has 0 atom stereocenters. The number of hydrogen-bond acceptors (Lipinski definition) is 2. The van der Waals surface area contributed by atoms with Crippen LogP contribution in [0, 0.1) is 5.92 Å². The number of allylic oxidation sites excluding steroid dienone is 2. The SMILES string of the molecule is CCOC(=O)c1[nH]c2ccccc2c1CC/C=C/C1CCCCC1. The number of H-pyrrole nitrogens is 1. The molecule has 1 heterocycles. The zero-order valence-corrected chi connectivity index (χ0v) is 14.5. The Bertz CT molecular complexity index is 708. The van der Waals surface area contributed by atoms with Gasteiger partial charge in [-0.05, 0) is 50.2 Å². The number of hydrogen-bond donors (Lipinski definition) is 1. The first kappa shape index (κ1) is 16.8. The fraction of sp³-hybridized carbons (Fsp3) is 0.476. The first-order chi connectivity index (χ1) is 11.8. The Morgan fingerprint density at radius 1 is 1.25 bits per heavy atom. The second-order valence-electron chi connectivity index (χ2n) is 6.61. The van der Waals surface area contributed by atoms with Gasteiger partial charge in [-0.15, -0.1) is 0 Å². The highest BCUT2D eigenvalue weighted by atomic mass is 16.5. The number of aromatic nitrogens is 1. The van der Waals surface area contributed by atoms with E-state index in [1.54, 1.807) is 0 Å². The molecule has 1 saturated carbocycles. The standard InChI is InChI=1S/C21H27NO2/c1-2-24-21(23)20-18(17-13-8-9-15-19(17)22-20)14-7-6-12-16-10-4-3-5-11-16/h6,8-9,12-13,15-16,22H,2-5,7,10-11,14H2,1H3/b12-6+. The number of carbonyl (C=O) groups excluding carboxylic acids is 1. The molecule has 0 amide bonds. The van der Waals surface area contributed by atoms with Gasteiger partial charge in [-0.25, -0.2) is 4.79 Å². The van der Waals surface area contributed by atoms with Crippen molar-refractivity contribution >= 4 is 16.9 Å². The number of aromatic amines is 1. The summed E-state index contributed by atoms with van der Waals surface area (Å²) in [5.41, 5.74) is 2.70. The van der Waals surface area contributed by atoms with Crippen molar-refractivity contribution < 1.29 is 9.53 Å². The first-order valence-corrected chi connectivity index (χ1v) is 9.23. The smallest absolute Gasteiger partial charge is 0.355 e. The zero-order valence-electron chi connectivity index (χ0n) is 14.5. The maximum Gasteiger partial charge on any atom is 0.355 e. The number of para-hydroxylation sites is 1. The average molecular weight is 325 g/mol. The predicted molar refractivity (Wildman–Crippen MR) is 98.3 cm³/mol. The van der Waals surface area contributed by atoms with Gasteiger partial charge < -0.3 is 9.72 Å². The van der Waals surface area contributed by atoms with E-state index in [4.69, 9.17) is 4.74 Å². The fourth-order valence-corrected chi connectivity index (χ4v) is 3.68. The van der Waals surface area contributed by atoms with E-state index in [9.17, 15) is 4.79 Å². The molecule has 24 heavy (non-hydrogen) atoms. The lowest BCUT2D eigenvalue weighted by Gasteiger charge is -2.17. The van der Waals surface area contributed by atoms with Gasteiger partial charge >= 0.3 is 5.97 Å². The van der Waals surface area contributed by atoms with Crippen molar-refractivity contribution in [3.8, 4) is 0 Å². The maximum absolute atomic E-state index is 12.2. The molecule has 0 aliphatic heterocycles. The second kappa shape index (κ2) is 8.18. The van der Waals surface area contributed by atoms with E-state index in [0.29, 0.717) is 12.3 Å². The fourth-order valence-electron chi connectivity index (χ4n) is 3.68. The molecule has 1 aliphatic carbocycles. The Morgan fingerprint density at radius 2 is 2.04 bits per heavy atom. The molecule has 3 heteroatoms. The Kier molecular flexibility index (Phi) is 5.73. The van der Waals surface area contributed by atoms with Gasteiger partial charge in [-0.1, -0.05) is 49.6 Å². The van der Waals surface area contributed by atoms with E-state index >= 15 is 0 Å². The molecule has 0 radical (unpaired) electrons. The predicted octanol–water partition coefficient (Wildman–Crippen LogP) is 5.41. The van der Waals surface area contributed by atoms with Gasteiger partial charge in [0.2, 0.25) is 0 Å². The summed E-state index contributed by atoms with van der Waals surface area (Å²) in [5, 5.41) is 1.13. The first-order valence-electron chi connectivity index (χ1n) is 9.23. The van der Waals surface area contributed by atoms with Crippen LogP contribution in [0.3, 0.4) is 0 Å². The number of rotatable bonds is 6. The number of nitrogens with one attached hydrogen (secondary N) is 1. The topological polar surface area (TPSA) is 42.1 Å². The van der Waals surface area contributed by atoms with Gasteiger partial charge in [0.25, 0.3) is 0 Å². The zero-order chi connectivity index (χ0) is 16.8. The molecule has 128 valence electrons. The molecule has 0 saturated heterocycles. The van der Waals surface area contributed by atoms with Gasteiger partial charge in [-0.2, -0.15) is 0 Å². The van der Waals surface area contributed by atoms with E-state index in [0.717, 1.165) is 35.2 Å². The highest BCUT2D eigenvalue weighted by molar-refractivity contribution is 5.98. The second-order valence-corrected chi connectivity index (χ2v) is 6.61. The summed E-state index contributed by atoms with van der Waals surface area (Å²) in [6.07, 6.45) is 13.3. The molecule has 1 aliphatic rings. The molecule has 1 aromatic heterocycles. The third-order valence-electron chi connectivity index (χ3n) is 4.91. The van der Waals surface area contributed by atoms with Crippen LogP contribution in [0.4, 0.5) is 0 Å². The monoisotopic (exact) mass is 325 g/mol. The van der Waals surface area contributed by atoms with Crippen LogP contribution in [0.25, 0.3) is 10.9 Å². The number of benzene rings is 1. The molecule has 0 spiro atoms. The van der Waals surface area contributed by atoms with E-state index < -0.39 is 0 Å². The van der Waals surface area contributed by atoms with Crippen LogP contribution in [-0.2, 0) is 11.2 Å². The van der Waals surface area contributed by atoms with Gasteiger partial charge in [0.1, 0.15) is 5.69 Å². The molecule has 1 N–H and O–H groups in total. The van der Waals surface area contributed by atoms with Gasteiger partial charge in [-0.3, -0.25) is 0 Å². The normalized spacial score (nSPS) is 16.0. The molecule has 0 unspecified atom stereocenters. The van der Waals surface area contributed by atoms with Crippen LogP contribution < -0.4 is 0 Å². The summed E-state index contributed by atoms with van der Waals surface area (Å²) in [5.74, 6) is 0.506. The largest absolute Gasteiger partial charge is 0.461 e. The lowest BCUT2D eigenvalue weighted by atomic mass is 9.89. The minimum Gasteiger partial charge on any atom is -0.461 e. The Balaban J connectivity index is 1.73. The molecule has 1 aromatic carbocycles. The number of carbonyl (C=O) groups is 1. The van der Waals surface area contributed by atoms with Crippen LogP contribution in [0.15, 0.2) is 36.4 Å². The van der Waals surface area contributed by atoms with E-state index in [2.05, 4.69) is 23.2 Å².